The second-order valence-corrected chi connectivity index (χ2v) is 10.7. The maximum absolute atomic E-state index is 14.8. The molecule has 1 amide bonds. The van der Waals surface area contributed by atoms with Gasteiger partial charge in [-0.3, -0.25) is 4.79 Å². The number of halogens is 2. The summed E-state index contributed by atoms with van der Waals surface area (Å²) < 4.78 is 29.6. The Morgan fingerprint density at radius 2 is 1.56 bits per heavy atom. The molecule has 4 nitrogen and oxygen atoms in total. The molecule has 0 aliphatic heterocycles. The van der Waals surface area contributed by atoms with E-state index in [1.54, 1.807) is 24.3 Å². The Labute approximate surface area is 238 Å². The van der Waals surface area contributed by atoms with Crippen molar-refractivity contribution in [1.29, 1.82) is 0 Å². The van der Waals surface area contributed by atoms with Gasteiger partial charge in [-0.1, -0.05) is 54.6 Å². The zero-order chi connectivity index (χ0) is 28.5. The fourth-order valence-electron chi connectivity index (χ4n) is 5.03. The first-order valence-electron chi connectivity index (χ1n) is 12.9. The van der Waals surface area contributed by atoms with Crippen molar-refractivity contribution in [2.45, 2.75) is 13.0 Å². The number of carbonyl (C=O) groups is 2. The van der Waals surface area contributed by atoms with Gasteiger partial charge in [0.05, 0.1) is 5.56 Å². The molecule has 0 saturated carbocycles. The highest BCUT2D eigenvalue weighted by molar-refractivity contribution is 7.17. The van der Waals surface area contributed by atoms with Crippen LogP contribution in [0.25, 0.3) is 32.0 Å². The van der Waals surface area contributed by atoms with Crippen molar-refractivity contribution in [2.24, 2.45) is 0 Å². The van der Waals surface area contributed by atoms with E-state index in [0.29, 0.717) is 17.5 Å². The number of hydrogen-bond donors (Lipinski definition) is 2. The van der Waals surface area contributed by atoms with E-state index in [2.05, 4.69) is 35.6 Å². The number of rotatable bonds is 7. The number of nitrogens with one attached hydrogen (secondary N) is 1. The molecule has 1 aromatic heterocycles. The second-order valence-electron chi connectivity index (χ2n) is 9.83. The van der Waals surface area contributed by atoms with Crippen LogP contribution in [0.3, 0.4) is 0 Å². The number of carboxylic acids is 1. The van der Waals surface area contributed by atoms with Crippen LogP contribution in [0.1, 0.15) is 37.4 Å². The smallest absolute Gasteiger partial charge is 0.335 e. The van der Waals surface area contributed by atoms with Crippen LogP contribution in [0.5, 0.6) is 0 Å². The first kappa shape index (κ1) is 26.3. The predicted molar refractivity (Wildman–Crippen MR) is 159 cm³/mol. The first-order chi connectivity index (χ1) is 19.9. The topological polar surface area (TPSA) is 66.4 Å². The third-order valence-electron chi connectivity index (χ3n) is 7.10. The van der Waals surface area contributed by atoms with Gasteiger partial charge in [-0.25, -0.2) is 13.6 Å². The van der Waals surface area contributed by atoms with Gasteiger partial charge in [0, 0.05) is 27.8 Å². The van der Waals surface area contributed by atoms with Gasteiger partial charge in [0.25, 0.3) is 5.91 Å². The summed E-state index contributed by atoms with van der Waals surface area (Å²) in [5.74, 6) is -2.54. The van der Waals surface area contributed by atoms with Crippen LogP contribution in [0, 0.1) is 11.6 Å². The predicted octanol–water partition coefficient (Wildman–Crippen LogP) is 8.22. The van der Waals surface area contributed by atoms with Crippen molar-refractivity contribution in [2.75, 3.05) is 0 Å². The van der Waals surface area contributed by atoms with Crippen molar-refractivity contribution in [3.05, 3.63) is 142 Å². The lowest BCUT2D eigenvalue weighted by atomic mass is 9.95. The summed E-state index contributed by atoms with van der Waals surface area (Å²) in [7, 11) is 0. The highest BCUT2D eigenvalue weighted by Gasteiger charge is 2.19. The SMILES string of the molecule is O=C(O)c1ccc(CNC(=O)c2cc(-c3cc(F)ccc3F)cc3scc(Cc4ccc5ccccc5c4)c23)cc1. The number of carboxylic acid groups (broad SMARTS) is 1. The minimum absolute atomic E-state index is 0.0784. The highest BCUT2D eigenvalue weighted by atomic mass is 32.1. The summed E-state index contributed by atoms with van der Waals surface area (Å²) in [5, 5.41) is 17.1. The number of thiophene rings is 1. The summed E-state index contributed by atoms with van der Waals surface area (Å²) in [4.78, 5) is 24.8. The molecule has 1 heterocycles. The Morgan fingerprint density at radius 1 is 0.805 bits per heavy atom. The Bertz CT molecular complexity index is 1950. The van der Waals surface area contributed by atoms with Gasteiger partial charge in [-0.2, -0.15) is 0 Å². The van der Waals surface area contributed by atoms with Crippen molar-refractivity contribution >= 4 is 44.1 Å². The lowest BCUT2D eigenvalue weighted by Crippen LogP contribution is -2.23. The molecule has 0 bridgehead atoms. The molecule has 2 N–H and O–H groups in total. The molecule has 7 heteroatoms. The minimum atomic E-state index is -1.03. The highest BCUT2D eigenvalue weighted by Crippen LogP contribution is 2.36. The molecule has 0 atom stereocenters. The summed E-state index contributed by atoms with van der Waals surface area (Å²) in [5.41, 5.74) is 3.78. The molecule has 0 aliphatic rings. The molecular weight excluding hydrogens is 540 g/mol. The average molecular weight is 564 g/mol. The van der Waals surface area contributed by atoms with E-state index < -0.39 is 17.6 Å². The molecule has 0 fully saturated rings. The molecule has 0 unspecified atom stereocenters. The fourth-order valence-corrected chi connectivity index (χ4v) is 6.05. The monoisotopic (exact) mass is 563 g/mol. The summed E-state index contributed by atoms with van der Waals surface area (Å²) in [6.07, 6.45) is 0.593. The van der Waals surface area contributed by atoms with Gasteiger partial charge in [0.2, 0.25) is 0 Å². The van der Waals surface area contributed by atoms with Gasteiger partial charge in [-0.05, 0) is 87.3 Å². The lowest BCUT2D eigenvalue weighted by Gasteiger charge is -2.12. The number of amides is 1. The van der Waals surface area contributed by atoms with Crippen LogP contribution in [0.2, 0.25) is 0 Å². The standard InChI is InChI=1S/C34H23F2NO3S/c35-27-11-12-30(36)28(17-27)25-15-29(33(38)37-18-20-5-9-23(10-6-20)34(39)40)32-26(19-41-31(32)16-25)14-21-7-8-22-3-1-2-4-24(22)13-21/h1-13,15-17,19H,14,18H2,(H,37,38)(H,39,40). The van der Waals surface area contributed by atoms with E-state index in [1.165, 1.54) is 23.5 Å². The Balaban J connectivity index is 1.40. The van der Waals surface area contributed by atoms with Crippen LogP contribution in [-0.2, 0) is 13.0 Å². The molecule has 0 radical (unpaired) electrons. The van der Waals surface area contributed by atoms with Crippen molar-refractivity contribution in [3.8, 4) is 11.1 Å². The third kappa shape index (κ3) is 5.44. The van der Waals surface area contributed by atoms with E-state index in [-0.39, 0.29) is 23.6 Å². The van der Waals surface area contributed by atoms with Crippen LogP contribution < -0.4 is 5.32 Å². The quantitative estimate of drug-likeness (QED) is 0.206. The van der Waals surface area contributed by atoms with Crippen molar-refractivity contribution < 1.29 is 23.5 Å². The first-order valence-corrected chi connectivity index (χ1v) is 13.8. The van der Waals surface area contributed by atoms with E-state index in [0.717, 1.165) is 55.7 Å². The lowest BCUT2D eigenvalue weighted by molar-refractivity contribution is 0.0696. The summed E-state index contributed by atoms with van der Waals surface area (Å²) >= 11 is 1.45. The Hall–Kier alpha value is -4.88. The van der Waals surface area contributed by atoms with Gasteiger partial charge >= 0.3 is 5.97 Å². The maximum atomic E-state index is 14.8. The second kappa shape index (κ2) is 10.9. The zero-order valence-corrected chi connectivity index (χ0v) is 22.5. The number of hydrogen-bond acceptors (Lipinski definition) is 3. The third-order valence-corrected chi connectivity index (χ3v) is 8.08. The summed E-state index contributed by atoms with van der Waals surface area (Å²) in [6, 6.07) is 27.3. The normalized spacial score (nSPS) is 11.2. The fraction of sp³-hybridized carbons (Fsp3) is 0.0588. The Kier molecular flexibility index (Phi) is 7.03. The maximum Gasteiger partial charge on any atom is 0.335 e. The summed E-state index contributed by atoms with van der Waals surface area (Å²) in [6.45, 7) is 0.170. The van der Waals surface area contributed by atoms with Gasteiger partial charge < -0.3 is 10.4 Å². The van der Waals surface area contributed by atoms with Crippen molar-refractivity contribution in [3.63, 3.8) is 0 Å². The van der Waals surface area contributed by atoms with Crippen LogP contribution >= 0.6 is 11.3 Å². The van der Waals surface area contributed by atoms with Crippen LogP contribution in [-0.4, -0.2) is 17.0 Å². The molecule has 0 saturated heterocycles. The van der Waals surface area contributed by atoms with Gasteiger partial charge in [0.1, 0.15) is 11.6 Å². The molecular formula is C34H23F2NO3S. The van der Waals surface area contributed by atoms with E-state index in [1.807, 2.05) is 17.5 Å². The number of carbonyl (C=O) groups excluding carboxylic acids is 1. The largest absolute Gasteiger partial charge is 0.478 e. The van der Waals surface area contributed by atoms with E-state index >= 15 is 0 Å². The molecule has 41 heavy (non-hydrogen) atoms. The number of aromatic carboxylic acids is 1. The van der Waals surface area contributed by atoms with Gasteiger partial charge in [0.15, 0.2) is 0 Å². The molecule has 5 aromatic carbocycles. The Morgan fingerprint density at radius 3 is 2.34 bits per heavy atom. The molecule has 0 spiro atoms. The molecule has 0 aliphatic carbocycles. The molecule has 6 rings (SSSR count). The molecule has 6 aromatic rings. The number of fused-ring (bicyclic) bond motifs is 2. The molecule has 202 valence electrons. The van der Waals surface area contributed by atoms with Crippen LogP contribution in [0.4, 0.5) is 8.78 Å². The number of benzene rings is 5. The van der Waals surface area contributed by atoms with Crippen molar-refractivity contribution in [1.82, 2.24) is 5.32 Å². The zero-order valence-electron chi connectivity index (χ0n) is 21.7. The minimum Gasteiger partial charge on any atom is -0.478 e. The average Bonchev–Trinajstić information content (AvgIpc) is 3.39. The van der Waals surface area contributed by atoms with E-state index in [9.17, 15) is 18.4 Å². The van der Waals surface area contributed by atoms with Crippen LogP contribution in [0.15, 0.2) is 102 Å². The van der Waals surface area contributed by atoms with Gasteiger partial charge in [-0.15, -0.1) is 11.3 Å². The van der Waals surface area contributed by atoms with E-state index in [4.69, 9.17) is 5.11 Å².